The molecule has 8 heteroatoms. The molecule has 39 heavy (non-hydrogen) atoms. The van der Waals surface area contributed by atoms with Crippen molar-refractivity contribution in [1.82, 2.24) is 9.97 Å². The Morgan fingerprint density at radius 2 is 2.00 bits per heavy atom. The molecule has 1 atom stereocenters. The second-order valence-electron chi connectivity index (χ2n) is 9.63. The number of rotatable bonds is 7. The molecule has 0 fully saturated rings. The molecule has 0 aliphatic carbocycles. The molecular weight excluding hydrogens is 512 g/mol. The van der Waals surface area contributed by atoms with Crippen molar-refractivity contribution in [2.24, 2.45) is 0 Å². The normalized spacial score (nSPS) is 13.3. The lowest BCUT2D eigenvalue weighted by molar-refractivity contribution is -0.136. The SMILES string of the molecule is Cc1cc2nc(OCc3cccc(S(C)=O)c3)ccc2c(-c2ccc3c4c(ccnc24)CCO3)c1CC(=O)O. The molecule has 0 spiro atoms. The molecule has 1 unspecified atom stereocenters. The average molecular weight is 539 g/mol. The summed E-state index contributed by atoms with van der Waals surface area (Å²) in [6.07, 6.45) is 4.13. The van der Waals surface area contributed by atoms with E-state index in [4.69, 9.17) is 19.4 Å². The number of nitrogens with zero attached hydrogens (tertiary/aromatic N) is 2. The van der Waals surface area contributed by atoms with E-state index in [9.17, 15) is 14.1 Å². The number of carboxylic acid groups (broad SMARTS) is 1. The summed E-state index contributed by atoms with van der Waals surface area (Å²) in [6, 6.07) is 19.1. The predicted molar refractivity (Wildman–Crippen MR) is 151 cm³/mol. The zero-order valence-electron chi connectivity index (χ0n) is 21.6. The maximum absolute atomic E-state index is 11.9. The fraction of sp³-hybridized carbons (Fsp3) is 0.194. The van der Waals surface area contributed by atoms with E-state index in [0.29, 0.717) is 18.0 Å². The van der Waals surface area contributed by atoms with Crippen LogP contribution in [0.3, 0.4) is 0 Å². The van der Waals surface area contributed by atoms with Crippen LogP contribution in [0.4, 0.5) is 0 Å². The van der Waals surface area contributed by atoms with Crippen molar-refractivity contribution in [3.05, 3.63) is 89.1 Å². The van der Waals surface area contributed by atoms with E-state index in [1.807, 2.05) is 61.5 Å². The second-order valence-corrected chi connectivity index (χ2v) is 11.0. The number of aryl methyl sites for hydroxylation is 1. The molecule has 0 amide bonds. The van der Waals surface area contributed by atoms with E-state index in [2.05, 4.69) is 0 Å². The highest BCUT2D eigenvalue weighted by Crippen LogP contribution is 2.42. The molecule has 1 N–H and O–H groups in total. The molecule has 1 aliphatic rings. The molecule has 196 valence electrons. The van der Waals surface area contributed by atoms with Gasteiger partial charge in [-0.2, -0.15) is 0 Å². The molecule has 6 rings (SSSR count). The molecule has 5 aromatic rings. The van der Waals surface area contributed by atoms with Crippen LogP contribution < -0.4 is 9.47 Å². The fourth-order valence-corrected chi connectivity index (χ4v) is 5.86. The van der Waals surface area contributed by atoms with Gasteiger partial charge in [-0.1, -0.05) is 12.1 Å². The average Bonchev–Trinajstić information content (AvgIpc) is 2.93. The van der Waals surface area contributed by atoms with Gasteiger partial charge in [-0.25, -0.2) is 4.98 Å². The van der Waals surface area contributed by atoms with Crippen LogP contribution in [0.1, 0.15) is 22.3 Å². The summed E-state index contributed by atoms with van der Waals surface area (Å²) in [5.41, 5.74) is 6.79. The minimum Gasteiger partial charge on any atom is -0.493 e. The standard InChI is InChI=1S/C31H26N2O5S/c1-18-14-25-22(7-9-27(33-25)38-17-19-4-3-5-21(15-19)39(2)36)30(24(18)16-28(34)35)23-6-8-26-29-20(11-13-37-26)10-12-32-31(23)29/h3-10,12,14-15H,11,13,16-17H2,1-2H3,(H,34,35). The number of hydrogen-bond acceptors (Lipinski definition) is 6. The fourth-order valence-electron chi connectivity index (χ4n) is 5.27. The van der Waals surface area contributed by atoms with E-state index in [1.165, 1.54) is 5.56 Å². The quantitative estimate of drug-likeness (QED) is 0.286. The summed E-state index contributed by atoms with van der Waals surface area (Å²) in [5.74, 6) is 0.343. The number of fused-ring (bicyclic) bond motifs is 1. The Morgan fingerprint density at radius 3 is 2.82 bits per heavy atom. The molecule has 0 saturated heterocycles. The van der Waals surface area contributed by atoms with Crippen LogP contribution in [0, 0.1) is 6.92 Å². The van der Waals surface area contributed by atoms with Crippen LogP contribution in [0.5, 0.6) is 11.6 Å². The van der Waals surface area contributed by atoms with Crippen molar-refractivity contribution in [1.29, 1.82) is 0 Å². The Morgan fingerprint density at radius 1 is 1.13 bits per heavy atom. The van der Waals surface area contributed by atoms with Gasteiger partial charge in [0.2, 0.25) is 5.88 Å². The third kappa shape index (κ3) is 4.72. The first-order chi connectivity index (χ1) is 18.9. The predicted octanol–water partition coefficient (Wildman–Crippen LogP) is 5.64. The number of aliphatic carboxylic acids is 1. The van der Waals surface area contributed by atoms with Gasteiger partial charge in [-0.3, -0.25) is 14.0 Å². The number of benzene rings is 3. The van der Waals surface area contributed by atoms with Gasteiger partial charge in [0.1, 0.15) is 12.4 Å². The summed E-state index contributed by atoms with van der Waals surface area (Å²) < 4.78 is 23.8. The van der Waals surface area contributed by atoms with E-state index in [1.54, 1.807) is 18.5 Å². The van der Waals surface area contributed by atoms with Gasteiger partial charge in [0, 0.05) is 57.0 Å². The number of pyridine rings is 2. The third-order valence-electron chi connectivity index (χ3n) is 7.08. The Hall–Kier alpha value is -4.30. The van der Waals surface area contributed by atoms with Crippen molar-refractivity contribution in [3.63, 3.8) is 0 Å². The van der Waals surface area contributed by atoms with E-state index < -0.39 is 16.8 Å². The van der Waals surface area contributed by atoms with Gasteiger partial charge in [0.15, 0.2) is 0 Å². The summed E-state index contributed by atoms with van der Waals surface area (Å²) in [5, 5.41) is 11.6. The van der Waals surface area contributed by atoms with E-state index >= 15 is 0 Å². The Labute approximate surface area is 227 Å². The summed E-state index contributed by atoms with van der Waals surface area (Å²) >= 11 is 0. The first kappa shape index (κ1) is 25.0. The van der Waals surface area contributed by atoms with Crippen LogP contribution in [0.15, 0.2) is 71.8 Å². The molecule has 0 radical (unpaired) electrons. The van der Waals surface area contributed by atoms with Crippen molar-refractivity contribution >= 4 is 38.6 Å². The van der Waals surface area contributed by atoms with Crippen LogP contribution in [0.2, 0.25) is 0 Å². The zero-order valence-corrected chi connectivity index (χ0v) is 22.4. The van der Waals surface area contributed by atoms with Crippen LogP contribution in [0.25, 0.3) is 32.9 Å². The summed E-state index contributed by atoms with van der Waals surface area (Å²) in [6.45, 7) is 2.82. The Bertz CT molecular complexity index is 1790. The first-order valence-corrected chi connectivity index (χ1v) is 14.2. The minimum atomic E-state index is -1.07. The molecule has 1 aliphatic heterocycles. The molecule has 0 bridgehead atoms. The minimum absolute atomic E-state index is 0.121. The molecular formula is C31H26N2O5S. The Kier molecular flexibility index (Phi) is 6.48. The third-order valence-corrected chi connectivity index (χ3v) is 8.00. The maximum Gasteiger partial charge on any atom is 0.307 e. The highest BCUT2D eigenvalue weighted by atomic mass is 32.2. The van der Waals surface area contributed by atoms with Crippen molar-refractivity contribution in [3.8, 4) is 22.8 Å². The van der Waals surface area contributed by atoms with Gasteiger partial charge >= 0.3 is 5.97 Å². The van der Waals surface area contributed by atoms with Crippen LogP contribution in [-0.4, -0.2) is 38.1 Å². The molecule has 3 aromatic carbocycles. The highest BCUT2D eigenvalue weighted by molar-refractivity contribution is 7.84. The smallest absolute Gasteiger partial charge is 0.307 e. The second kappa shape index (κ2) is 10.1. The molecule has 0 saturated carbocycles. The number of aromatic nitrogens is 2. The van der Waals surface area contributed by atoms with Crippen LogP contribution >= 0.6 is 0 Å². The number of carbonyl (C=O) groups is 1. The highest BCUT2D eigenvalue weighted by Gasteiger charge is 2.22. The topological polar surface area (TPSA) is 98.6 Å². The largest absolute Gasteiger partial charge is 0.493 e. The summed E-state index contributed by atoms with van der Waals surface area (Å²) in [4.78, 5) is 22.2. The van der Waals surface area contributed by atoms with Gasteiger partial charge in [-0.05, 0) is 77.2 Å². The molecule has 7 nitrogen and oxygen atoms in total. The Balaban J connectivity index is 1.48. The lowest BCUT2D eigenvalue weighted by atomic mass is 9.88. The van der Waals surface area contributed by atoms with Gasteiger partial charge < -0.3 is 14.6 Å². The maximum atomic E-state index is 11.9. The van der Waals surface area contributed by atoms with Crippen molar-refractivity contribution in [2.45, 2.75) is 31.3 Å². The van der Waals surface area contributed by atoms with Gasteiger partial charge in [-0.15, -0.1) is 0 Å². The summed E-state index contributed by atoms with van der Waals surface area (Å²) in [7, 11) is -1.07. The van der Waals surface area contributed by atoms with Gasteiger partial charge in [0.25, 0.3) is 0 Å². The monoisotopic (exact) mass is 538 g/mol. The van der Waals surface area contributed by atoms with E-state index in [-0.39, 0.29) is 13.0 Å². The lowest BCUT2D eigenvalue weighted by Crippen LogP contribution is -2.10. The number of carboxylic acids is 1. The first-order valence-electron chi connectivity index (χ1n) is 12.6. The lowest BCUT2D eigenvalue weighted by Gasteiger charge is -2.21. The zero-order chi connectivity index (χ0) is 27.1. The van der Waals surface area contributed by atoms with Crippen molar-refractivity contribution < 1.29 is 23.6 Å². The number of ether oxygens (including phenoxy) is 2. The van der Waals surface area contributed by atoms with Crippen molar-refractivity contribution in [2.75, 3.05) is 12.9 Å². The van der Waals surface area contributed by atoms with Crippen LogP contribution in [-0.2, 0) is 35.0 Å². The number of hydrogen-bond donors (Lipinski definition) is 1. The van der Waals surface area contributed by atoms with Gasteiger partial charge in [0.05, 0.1) is 24.1 Å². The van der Waals surface area contributed by atoms with E-state index in [0.717, 1.165) is 61.2 Å². The molecule has 2 aromatic heterocycles. The molecule has 3 heterocycles.